The molecule has 4 aromatic rings. The highest BCUT2D eigenvalue weighted by atomic mass is 19.4. The van der Waals surface area contributed by atoms with Gasteiger partial charge in [0.1, 0.15) is 11.3 Å². The molecule has 0 saturated carbocycles. The van der Waals surface area contributed by atoms with Crippen LogP contribution in [0.5, 0.6) is 11.6 Å². The van der Waals surface area contributed by atoms with E-state index in [1.165, 1.54) is 30.7 Å². The van der Waals surface area contributed by atoms with Crippen LogP contribution < -0.4 is 10.3 Å². The largest absolute Gasteiger partial charge is 0.438 e. The molecule has 9 heteroatoms. The van der Waals surface area contributed by atoms with Crippen LogP contribution in [0.4, 0.5) is 13.2 Å². The first kappa shape index (κ1) is 20.5. The van der Waals surface area contributed by atoms with Gasteiger partial charge in [0, 0.05) is 6.20 Å². The average molecular weight is 427 g/mol. The average Bonchev–Trinajstić information content (AvgIpc) is 2.76. The first-order valence-electron chi connectivity index (χ1n) is 9.25. The molecule has 2 heterocycles. The van der Waals surface area contributed by atoms with Gasteiger partial charge in [-0.05, 0) is 35.9 Å². The smallest absolute Gasteiger partial charge is 0.421 e. The number of hydrogen-bond acceptors (Lipinski definition) is 5. The van der Waals surface area contributed by atoms with Crippen LogP contribution in [0, 0.1) is 0 Å². The third kappa shape index (κ3) is 4.13. The molecule has 0 aliphatic rings. The van der Waals surface area contributed by atoms with Gasteiger partial charge in [0.05, 0.1) is 29.9 Å². The molecule has 0 aliphatic carbocycles. The van der Waals surface area contributed by atoms with Crippen molar-refractivity contribution < 1.29 is 23.0 Å². The number of aliphatic hydroxyl groups excluding tert-OH is 1. The summed E-state index contributed by atoms with van der Waals surface area (Å²) in [4.78, 5) is 19.9. The number of fused-ring (bicyclic) bond motifs is 1. The maximum Gasteiger partial charge on any atom is 0.421 e. The number of halogens is 3. The molecule has 1 atom stereocenters. The topological polar surface area (TPSA) is 77.2 Å². The van der Waals surface area contributed by atoms with Gasteiger partial charge in [0.25, 0.3) is 5.56 Å². The summed E-state index contributed by atoms with van der Waals surface area (Å²) in [5.41, 5.74) is -0.339. The molecule has 6 nitrogen and oxygen atoms in total. The van der Waals surface area contributed by atoms with E-state index in [2.05, 4.69) is 9.97 Å². The quantitative estimate of drug-likeness (QED) is 0.517. The van der Waals surface area contributed by atoms with E-state index < -0.39 is 29.2 Å². The third-order valence-corrected chi connectivity index (χ3v) is 4.76. The third-order valence-electron chi connectivity index (χ3n) is 4.76. The van der Waals surface area contributed by atoms with Gasteiger partial charge >= 0.3 is 6.18 Å². The number of rotatable bonds is 5. The van der Waals surface area contributed by atoms with Crippen molar-refractivity contribution in [2.75, 3.05) is 6.61 Å². The van der Waals surface area contributed by atoms with Gasteiger partial charge in [-0.25, -0.2) is 4.98 Å². The fraction of sp³-hybridized carbons (Fsp3) is 0.136. The highest BCUT2D eigenvalue weighted by Crippen LogP contribution is 2.37. The van der Waals surface area contributed by atoms with E-state index in [4.69, 9.17) is 4.74 Å². The van der Waals surface area contributed by atoms with E-state index in [9.17, 15) is 23.1 Å². The Morgan fingerprint density at radius 2 is 1.81 bits per heavy atom. The van der Waals surface area contributed by atoms with Crippen LogP contribution in [0.2, 0.25) is 0 Å². The van der Waals surface area contributed by atoms with E-state index in [-0.39, 0.29) is 17.7 Å². The molecular weight excluding hydrogens is 411 g/mol. The van der Waals surface area contributed by atoms with Gasteiger partial charge in [0.15, 0.2) is 0 Å². The monoisotopic (exact) mass is 427 g/mol. The van der Waals surface area contributed by atoms with Gasteiger partial charge in [0.2, 0.25) is 5.88 Å². The van der Waals surface area contributed by atoms with Crippen molar-refractivity contribution in [2.45, 2.75) is 12.2 Å². The number of pyridine rings is 1. The summed E-state index contributed by atoms with van der Waals surface area (Å²) in [5.74, 6) is -0.607. The Balaban J connectivity index is 1.78. The van der Waals surface area contributed by atoms with Gasteiger partial charge in [-0.3, -0.25) is 4.79 Å². The van der Waals surface area contributed by atoms with Crippen LogP contribution >= 0.6 is 0 Å². The molecule has 0 spiro atoms. The second-order valence-corrected chi connectivity index (χ2v) is 6.70. The van der Waals surface area contributed by atoms with Crippen molar-refractivity contribution >= 4 is 10.9 Å². The number of aliphatic hydroxyl groups is 1. The summed E-state index contributed by atoms with van der Waals surface area (Å²) in [6.07, 6.45) is -2.12. The first-order chi connectivity index (χ1) is 14.9. The molecule has 0 unspecified atom stereocenters. The molecule has 31 heavy (non-hydrogen) atoms. The summed E-state index contributed by atoms with van der Waals surface area (Å²) in [6, 6.07) is 15.0. The van der Waals surface area contributed by atoms with Crippen LogP contribution in [0.15, 0.2) is 78.0 Å². The molecule has 0 radical (unpaired) electrons. The van der Waals surface area contributed by atoms with Crippen molar-refractivity contribution in [1.29, 1.82) is 0 Å². The zero-order valence-electron chi connectivity index (χ0n) is 16.0. The number of nitrogens with zero attached hydrogens (tertiary/aromatic N) is 3. The Morgan fingerprint density at radius 3 is 2.52 bits per heavy atom. The Bertz CT molecular complexity index is 1270. The molecule has 0 aliphatic heterocycles. The summed E-state index contributed by atoms with van der Waals surface area (Å²) in [6.45, 7) is -0.245. The van der Waals surface area contributed by atoms with Gasteiger partial charge in [-0.2, -0.15) is 18.2 Å². The number of ether oxygens (including phenoxy) is 1. The maximum atomic E-state index is 13.2. The minimum Gasteiger partial charge on any atom is -0.438 e. The van der Waals surface area contributed by atoms with E-state index in [1.54, 1.807) is 4.57 Å². The number of hydrogen-bond donors (Lipinski definition) is 1. The fourth-order valence-electron chi connectivity index (χ4n) is 3.30. The predicted molar refractivity (Wildman–Crippen MR) is 107 cm³/mol. The molecule has 0 bridgehead atoms. The highest BCUT2D eigenvalue weighted by Gasteiger charge is 2.35. The van der Waals surface area contributed by atoms with Crippen LogP contribution in [0.3, 0.4) is 0 Å². The molecule has 2 aromatic heterocycles. The lowest BCUT2D eigenvalue weighted by Gasteiger charge is -2.21. The maximum absolute atomic E-state index is 13.2. The minimum absolute atomic E-state index is 0.00797. The summed E-state index contributed by atoms with van der Waals surface area (Å²) < 4.78 is 46.6. The standard InChI is InChI=1S/C22H16F3N3O3/c23-22(24,25)17-7-4-10-26-21(17)31-15-8-9-18-16(11-15)20(30)27-13-28(18)19(12-29)14-5-2-1-3-6-14/h1-11,13,19,29H,12H2/t19-/m1/s1. The zero-order chi connectivity index (χ0) is 22.0. The number of benzene rings is 2. The SMILES string of the molecule is O=c1ncn([C@H](CO)c2ccccc2)c2ccc(Oc3ncccc3C(F)(F)F)cc12. The van der Waals surface area contributed by atoms with E-state index >= 15 is 0 Å². The van der Waals surface area contributed by atoms with Crippen molar-refractivity contribution in [3.05, 3.63) is 94.7 Å². The van der Waals surface area contributed by atoms with E-state index in [1.807, 2.05) is 30.3 Å². The van der Waals surface area contributed by atoms with Gasteiger partial charge in [-0.15, -0.1) is 0 Å². The summed E-state index contributed by atoms with van der Waals surface area (Å²) in [7, 11) is 0. The second-order valence-electron chi connectivity index (χ2n) is 6.70. The molecule has 1 N–H and O–H groups in total. The van der Waals surface area contributed by atoms with Gasteiger partial charge in [-0.1, -0.05) is 30.3 Å². The Morgan fingerprint density at radius 1 is 1.03 bits per heavy atom. The molecule has 4 rings (SSSR count). The minimum atomic E-state index is -4.64. The van der Waals surface area contributed by atoms with Gasteiger partial charge < -0.3 is 14.4 Å². The number of alkyl halides is 3. The van der Waals surface area contributed by atoms with Crippen LogP contribution in [-0.4, -0.2) is 26.2 Å². The first-order valence-corrected chi connectivity index (χ1v) is 9.25. The highest BCUT2D eigenvalue weighted by molar-refractivity contribution is 5.80. The lowest BCUT2D eigenvalue weighted by molar-refractivity contribution is -0.138. The lowest BCUT2D eigenvalue weighted by atomic mass is 10.1. The van der Waals surface area contributed by atoms with E-state index in [0.717, 1.165) is 17.7 Å². The van der Waals surface area contributed by atoms with Crippen molar-refractivity contribution in [2.24, 2.45) is 0 Å². The fourth-order valence-corrected chi connectivity index (χ4v) is 3.30. The Labute approximate surface area is 174 Å². The normalized spacial score (nSPS) is 12.6. The van der Waals surface area contributed by atoms with Crippen molar-refractivity contribution in [3.63, 3.8) is 0 Å². The van der Waals surface area contributed by atoms with E-state index in [0.29, 0.717) is 5.52 Å². The van der Waals surface area contributed by atoms with Crippen molar-refractivity contribution in [3.8, 4) is 11.6 Å². The molecule has 0 fully saturated rings. The Hall–Kier alpha value is -3.72. The van der Waals surface area contributed by atoms with Crippen LogP contribution in [-0.2, 0) is 6.18 Å². The molecular formula is C22H16F3N3O3. The molecule has 0 amide bonds. The van der Waals surface area contributed by atoms with Crippen molar-refractivity contribution in [1.82, 2.24) is 14.5 Å². The second kappa shape index (κ2) is 8.19. The molecule has 2 aromatic carbocycles. The van der Waals surface area contributed by atoms with Crippen LogP contribution in [0.1, 0.15) is 17.2 Å². The summed E-state index contributed by atoms with van der Waals surface area (Å²) in [5, 5.41) is 10.1. The Kier molecular flexibility index (Phi) is 5.43. The summed E-state index contributed by atoms with van der Waals surface area (Å²) >= 11 is 0. The van der Waals surface area contributed by atoms with Crippen LogP contribution in [0.25, 0.3) is 10.9 Å². The predicted octanol–water partition coefficient (Wildman–Crippen LogP) is 4.18. The molecule has 158 valence electrons. The molecule has 0 saturated heterocycles. The number of aromatic nitrogens is 3. The zero-order valence-corrected chi connectivity index (χ0v) is 16.0. The lowest BCUT2D eigenvalue weighted by Crippen LogP contribution is -2.20.